The molecule has 1 aromatic heterocycles. The van der Waals surface area contributed by atoms with Gasteiger partial charge in [-0.25, -0.2) is 4.39 Å². The predicted octanol–water partition coefficient (Wildman–Crippen LogP) is 7.71. The highest BCUT2D eigenvalue weighted by Gasteiger charge is 2.44. The summed E-state index contributed by atoms with van der Waals surface area (Å²) in [7, 11) is 0. The van der Waals surface area contributed by atoms with Gasteiger partial charge in [-0.1, -0.05) is 31.9 Å². The molecule has 0 bridgehead atoms. The van der Waals surface area contributed by atoms with Gasteiger partial charge in [0.15, 0.2) is 0 Å². The highest BCUT2D eigenvalue weighted by Crippen LogP contribution is 2.54. The molecule has 0 radical (unpaired) electrons. The quantitative estimate of drug-likeness (QED) is 0.297. The van der Waals surface area contributed by atoms with Crippen molar-refractivity contribution in [3.05, 3.63) is 78.1 Å². The average Bonchev–Trinajstić information content (AvgIpc) is 3.22. The molecule has 0 N–H and O–H groups in total. The minimum atomic E-state index is -4.27. The molecular weight excluding hydrogens is 550 g/mol. The van der Waals surface area contributed by atoms with Gasteiger partial charge in [0.1, 0.15) is 11.6 Å². The summed E-state index contributed by atoms with van der Waals surface area (Å²) >= 11 is 7.85. The van der Waals surface area contributed by atoms with Gasteiger partial charge in [0.25, 0.3) is 0 Å². The number of hydrogen-bond donors (Lipinski definition) is 0. The van der Waals surface area contributed by atoms with E-state index in [1.54, 1.807) is 12.1 Å². The van der Waals surface area contributed by atoms with Gasteiger partial charge >= 0.3 is 6.18 Å². The molecule has 2 nitrogen and oxygen atoms in total. The molecule has 3 heterocycles. The Labute approximate surface area is 190 Å². The number of anilines is 1. The smallest absolute Gasteiger partial charge is 0.393 e. The number of benzene rings is 2. The van der Waals surface area contributed by atoms with Crippen molar-refractivity contribution in [2.45, 2.75) is 31.3 Å². The van der Waals surface area contributed by atoms with Gasteiger partial charge in [0.05, 0.1) is 22.9 Å². The average molecular weight is 563 g/mol. The largest absolute Gasteiger partial charge is 0.465 e. The summed E-state index contributed by atoms with van der Waals surface area (Å²) in [4.78, 5) is 2.85. The second kappa shape index (κ2) is 7.24. The lowest BCUT2D eigenvalue weighted by Gasteiger charge is -2.40. The number of nitrogens with zero attached hydrogens (tertiary/aromatic N) is 1. The number of halogens is 6. The maximum Gasteiger partial charge on any atom is 0.393 e. The van der Waals surface area contributed by atoms with Gasteiger partial charge in [-0.15, -0.1) is 11.3 Å². The molecule has 30 heavy (non-hydrogen) atoms. The molecular formula is C21H13Br2F4NOS. The van der Waals surface area contributed by atoms with Crippen LogP contribution in [0.2, 0.25) is 0 Å². The first kappa shape index (κ1) is 20.3. The van der Waals surface area contributed by atoms with Crippen LogP contribution in [0.15, 0.2) is 51.4 Å². The zero-order chi connectivity index (χ0) is 21.2. The fraction of sp³-hybridized carbons (Fsp3) is 0.238. The molecule has 2 aliphatic heterocycles. The molecule has 0 fully saturated rings. The maximum atomic E-state index is 14.9. The fourth-order valence-corrected chi connectivity index (χ4v) is 6.04. The van der Waals surface area contributed by atoms with Gasteiger partial charge in [-0.2, -0.15) is 13.2 Å². The molecule has 0 spiro atoms. The van der Waals surface area contributed by atoms with E-state index >= 15 is 0 Å². The maximum absolute atomic E-state index is 14.9. The van der Waals surface area contributed by atoms with E-state index in [9.17, 15) is 17.6 Å². The number of thiophene rings is 1. The molecule has 3 aromatic rings. The summed E-state index contributed by atoms with van der Waals surface area (Å²) in [5, 5.41) is 0. The van der Waals surface area contributed by atoms with E-state index < -0.39 is 18.8 Å². The lowest BCUT2D eigenvalue weighted by Crippen LogP contribution is -2.37. The molecule has 0 amide bonds. The number of hydrogen-bond acceptors (Lipinski definition) is 3. The predicted molar refractivity (Wildman–Crippen MR) is 115 cm³/mol. The van der Waals surface area contributed by atoms with Crippen molar-refractivity contribution < 1.29 is 22.3 Å². The van der Waals surface area contributed by atoms with E-state index in [1.807, 2.05) is 23.1 Å². The second-order valence-corrected chi connectivity index (χ2v) is 10.3. The zero-order valence-electron chi connectivity index (χ0n) is 15.1. The number of fused-ring (bicyclic) bond motifs is 5. The Bertz CT molecular complexity index is 1150. The first-order valence-electron chi connectivity index (χ1n) is 9.07. The van der Waals surface area contributed by atoms with Crippen LogP contribution in [0.3, 0.4) is 0 Å². The van der Waals surface area contributed by atoms with Crippen LogP contribution in [0.1, 0.15) is 33.2 Å². The summed E-state index contributed by atoms with van der Waals surface area (Å²) in [6.07, 6.45) is -5.30. The summed E-state index contributed by atoms with van der Waals surface area (Å²) in [5.41, 5.74) is 2.39. The van der Waals surface area contributed by atoms with E-state index in [0.29, 0.717) is 27.1 Å². The van der Waals surface area contributed by atoms with Crippen LogP contribution in [0.5, 0.6) is 5.75 Å². The van der Waals surface area contributed by atoms with Gasteiger partial charge < -0.3 is 9.64 Å². The zero-order valence-corrected chi connectivity index (χ0v) is 19.1. The van der Waals surface area contributed by atoms with Gasteiger partial charge in [-0.3, -0.25) is 0 Å². The third kappa shape index (κ3) is 3.54. The van der Waals surface area contributed by atoms with Crippen LogP contribution in [0.4, 0.5) is 23.2 Å². The molecule has 156 valence electrons. The molecule has 2 aromatic carbocycles. The van der Waals surface area contributed by atoms with Crippen LogP contribution < -0.4 is 9.64 Å². The van der Waals surface area contributed by atoms with Crippen molar-refractivity contribution >= 4 is 48.9 Å². The SMILES string of the molecule is Fc1cc(Br)cc2c1C1Cc3cc(Br)ccc3N1C(c1ccc(CC(F)(F)F)s1)O2. The van der Waals surface area contributed by atoms with Crippen molar-refractivity contribution in [1.82, 2.24) is 0 Å². The van der Waals surface area contributed by atoms with Crippen molar-refractivity contribution in [2.24, 2.45) is 0 Å². The molecule has 5 rings (SSSR count). The van der Waals surface area contributed by atoms with Crippen molar-refractivity contribution in [1.29, 1.82) is 0 Å². The third-order valence-electron chi connectivity index (χ3n) is 5.25. The third-order valence-corrected chi connectivity index (χ3v) is 7.32. The van der Waals surface area contributed by atoms with Crippen molar-refractivity contribution in [3.63, 3.8) is 0 Å². The number of rotatable bonds is 2. The van der Waals surface area contributed by atoms with E-state index in [2.05, 4.69) is 31.9 Å². The second-order valence-electron chi connectivity index (χ2n) is 7.27. The van der Waals surface area contributed by atoms with Crippen LogP contribution in [0.25, 0.3) is 0 Å². The normalized spacial score (nSPS) is 19.9. The molecule has 2 unspecified atom stereocenters. The highest BCUT2D eigenvalue weighted by atomic mass is 79.9. The van der Waals surface area contributed by atoms with Crippen LogP contribution >= 0.6 is 43.2 Å². The van der Waals surface area contributed by atoms with Crippen LogP contribution in [-0.2, 0) is 12.8 Å². The minimum absolute atomic E-state index is 0.221. The first-order chi connectivity index (χ1) is 14.2. The number of alkyl halides is 3. The summed E-state index contributed by atoms with van der Waals surface area (Å²) in [5.74, 6) is 0.0365. The molecule has 0 saturated heterocycles. The van der Waals surface area contributed by atoms with Gasteiger partial charge in [0.2, 0.25) is 6.23 Å². The Kier molecular flexibility index (Phi) is 4.91. The Morgan fingerprint density at radius 1 is 1.07 bits per heavy atom. The fourth-order valence-electron chi connectivity index (χ4n) is 4.15. The van der Waals surface area contributed by atoms with E-state index in [4.69, 9.17) is 4.74 Å². The van der Waals surface area contributed by atoms with Crippen molar-refractivity contribution in [3.8, 4) is 5.75 Å². The Balaban J connectivity index is 1.62. The lowest BCUT2D eigenvalue weighted by atomic mass is 9.99. The monoisotopic (exact) mass is 561 g/mol. The molecule has 0 aliphatic carbocycles. The Morgan fingerprint density at radius 3 is 2.63 bits per heavy atom. The van der Waals surface area contributed by atoms with E-state index in [0.717, 1.165) is 27.1 Å². The van der Waals surface area contributed by atoms with E-state index in [-0.39, 0.29) is 16.7 Å². The Hall–Kier alpha value is -1.58. The van der Waals surface area contributed by atoms with Crippen molar-refractivity contribution in [2.75, 3.05) is 4.90 Å². The molecule has 2 aliphatic rings. The lowest BCUT2D eigenvalue weighted by molar-refractivity contribution is -0.126. The molecule has 2 atom stereocenters. The summed E-state index contributed by atoms with van der Waals surface area (Å²) in [6, 6.07) is 11.8. The van der Waals surface area contributed by atoms with Crippen LogP contribution in [-0.4, -0.2) is 6.18 Å². The van der Waals surface area contributed by atoms with Gasteiger partial charge in [-0.05, 0) is 54.4 Å². The summed E-state index contributed by atoms with van der Waals surface area (Å²) in [6.45, 7) is 0. The first-order valence-corrected chi connectivity index (χ1v) is 11.5. The minimum Gasteiger partial charge on any atom is -0.465 e. The van der Waals surface area contributed by atoms with Gasteiger partial charge in [0, 0.05) is 19.5 Å². The standard InChI is InChI=1S/C21H13Br2F4NOS/c22-11-1-3-15-10(5-11)6-16-19-14(24)7-12(23)8-17(19)29-20(28(15)16)18-4-2-13(30-18)9-21(25,26)27/h1-5,7-8,16,20H,6,9H2. The van der Waals surface area contributed by atoms with E-state index in [1.165, 1.54) is 12.1 Å². The summed E-state index contributed by atoms with van der Waals surface area (Å²) < 4.78 is 61.1. The molecule has 0 saturated carbocycles. The Morgan fingerprint density at radius 2 is 1.87 bits per heavy atom. The highest BCUT2D eigenvalue weighted by molar-refractivity contribution is 9.10. The number of ether oxygens (including phenoxy) is 1. The van der Waals surface area contributed by atoms with Crippen LogP contribution in [0, 0.1) is 5.82 Å². The molecule has 9 heteroatoms. The topological polar surface area (TPSA) is 12.5 Å².